The number of aromatic nitrogens is 2. The predicted molar refractivity (Wildman–Crippen MR) is 84.5 cm³/mol. The van der Waals surface area contributed by atoms with Gasteiger partial charge in [-0.1, -0.05) is 42.5 Å². The van der Waals surface area contributed by atoms with Gasteiger partial charge in [-0.15, -0.1) is 0 Å². The third-order valence-corrected chi connectivity index (χ3v) is 3.55. The zero-order valence-electron chi connectivity index (χ0n) is 12.3. The zero-order chi connectivity index (χ0) is 16.2. The van der Waals surface area contributed by atoms with Gasteiger partial charge in [-0.3, -0.25) is 9.48 Å². The maximum Gasteiger partial charge on any atom is 0.307 e. The van der Waals surface area contributed by atoms with Crippen molar-refractivity contribution in [2.75, 3.05) is 0 Å². The van der Waals surface area contributed by atoms with E-state index >= 15 is 0 Å². The molecule has 0 aliphatic rings. The lowest BCUT2D eigenvalue weighted by atomic mass is 10.0. The van der Waals surface area contributed by atoms with Crippen LogP contribution in [-0.2, 0) is 17.8 Å². The van der Waals surface area contributed by atoms with E-state index in [-0.39, 0.29) is 12.0 Å². The van der Waals surface area contributed by atoms with Gasteiger partial charge in [0.1, 0.15) is 5.82 Å². The number of hydrogen-bond donors (Lipinski definition) is 1. The van der Waals surface area contributed by atoms with Gasteiger partial charge in [0, 0.05) is 11.8 Å². The van der Waals surface area contributed by atoms with Crippen LogP contribution in [-0.4, -0.2) is 20.9 Å². The third kappa shape index (κ3) is 3.63. The highest BCUT2D eigenvalue weighted by Crippen LogP contribution is 2.22. The van der Waals surface area contributed by atoms with E-state index in [1.165, 1.54) is 12.1 Å². The molecule has 0 spiro atoms. The number of carbonyl (C=O) groups is 1. The molecule has 4 nitrogen and oxygen atoms in total. The summed E-state index contributed by atoms with van der Waals surface area (Å²) in [6, 6.07) is 14.5. The molecular formula is C18H15FN2O2. The van der Waals surface area contributed by atoms with Crippen LogP contribution in [0.3, 0.4) is 0 Å². The Kier molecular flexibility index (Phi) is 4.19. The molecule has 1 heterocycles. The lowest BCUT2D eigenvalue weighted by molar-refractivity contribution is -0.136. The first-order chi connectivity index (χ1) is 11.1. The first kappa shape index (κ1) is 15.0. The number of carboxylic acid groups (broad SMARTS) is 1. The Balaban J connectivity index is 1.80. The Morgan fingerprint density at radius 3 is 2.61 bits per heavy atom. The summed E-state index contributed by atoms with van der Waals surface area (Å²) in [4.78, 5) is 10.7. The molecule has 0 bridgehead atoms. The zero-order valence-corrected chi connectivity index (χ0v) is 12.3. The van der Waals surface area contributed by atoms with Gasteiger partial charge in [0.2, 0.25) is 0 Å². The Morgan fingerprint density at radius 1 is 1.13 bits per heavy atom. The Bertz CT molecular complexity index is 828. The molecule has 0 amide bonds. The monoisotopic (exact) mass is 310 g/mol. The van der Waals surface area contributed by atoms with Crippen LogP contribution in [0.15, 0.2) is 60.9 Å². The smallest absolute Gasteiger partial charge is 0.307 e. The molecule has 23 heavy (non-hydrogen) atoms. The summed E-state index contributed by atoms with van der Waals surface area (Å²) in [6.45, 7) is 0.639. The summed E-state index contributed by atoms with van der Waals surface area (Å²) < 4.78 is 15.7. The van der Waals surface area contributed by atoms with Crippen molar-refractivity contribution in [3.63, 3.8) is 0 Å². The fourth-order valence-electron chi connectivity index (χ4n) is 2.40. The third-order valence-electron chi connectivity index (χ3n) is 3.55. The van der Waals surface area contributed by atoms with E-state index in [2.05, 4.69) is 5.10 Å². The van der Waals surface area contributed by atoms with Crippen molar-refractivity contribution >= 4 is 5.97 Å². The van der Waals surface area contributed by atoms with Crippen molar-refractivity contribution in [3.8, 4) is 11.1 Å². The fraction of sp³-hybridized carbons (Fsp3) is 0.111. The highest BCUT2D eigenvalue weighted by molar-refractivity contribution is 5.71. The molecule has 0 fully saturated rings. The van der Waals surface area contributed by atoms with Crippen LogP contribution in [0.2, 0.25) is 0 Å². The number of carboxylic acids is 1. The molecule has 3 rings (SSSR count). The minimum Gasteiger partial charge on any atom is -0.481 e. The lowest BCUT2D eigenvalue weighted by Crippen LogP contribution is -2.02. The van der Waals surface area contributed by atoms with Crippen molar-refractivity contribution in [1.29, 1.82) is 0 Å². The molecule has 1 aromatic heterocycles. The molecule has 3 aromatic rings. The summed E-state index contributed by atoms with van der Waals surface area (Å²) in [5, 5.41) is 13.0. The molecule has 0 atom stereocenters. The lowest BCUT2D eigenvalue weighted by Gasteiger charge is -2.03. The van der Waals surface area contributed by atoms with E-state index in [9.17, 15) is 9.18 Å². The molecule has 0 saturated heterocycles. The van der Waals surface area contributed by atoms with Crippen LogP contribution in [0.5, 0.6) is 0 Å². The minimum absolute atomic E-state index is 0.179. The minimum atomic E-state index is -1.05. The molecule has 0 unspecified atom stereocenters. The Morgan fingerprint density at radius 2 is 1.91 bits per heavy atom. The van der Waals surface area contributed by atoms with Crippen LogP contribution in [0, 0.1) is 5.82 Å². The predicted octanol–water partition coefficient (Wildman–Crippen LogP) is 3.36. The molecular weight excluding hydrogens is 295 g/mol. The maximum atomic E-state index is 14.0. The van der Waals surface area contributed by atoms with E-state index in [1.54, 1.807) is 16.9 Å². The molecule has 0 saturated carbocycles. The molecule has 0 aliphatic carbocycles. The van der Waals surface area contributed by atoms with Crippen molar-refractivity contribution in [3.05, 3.63) is 77.9 Å². The Labute approximate surface area is 132 Å². The molecule has 2 aromatic carbocycles. The molecule has 5 heteroatoms. The topological polar surface area (TPSA) is 55.1 Å². The number of halogens is 1. The summed E-state index contributed by atoms with van der Waals surface area (Å²) in [6.07, 6.45) is 3.20. The van der Waals surface area contributed by atoms with Crippen LogP contribution >= 0.6 is 0 Å². The fourth-order valence-corrected chi connectivity index (χ4v) is 2.40. The van der Waals surface area contributed by atoms with E-state index in [0.717, 1.165) is 11.1 Å². The summed E-state index contributed by atoms with van der Waals surface area (Å²) >= 11 is 0. The summed E-state index contributed by atoms with van der Waals surface area (Å²) in [5.41, 5.74) is 2.78. The van der Waals surface area contributed by atoms with Gasteiger partial charge in [-0.2, -0.15) is 5.10 Å². The van der Waals surface area contributed by atoms with Crippen LogP contribution in [0.4, 0.5) is 4.39 Å². The second kappa shape index (κ2) is 6.44. The largest absolute Gasteiger partial charge is 0.481 e. The first-order valence-electron chi connectivity index (χ1n) is 7.19. The molecule has 0 aliphatic heterocycles. The van der Waals surface area contributed by atoms with E-state index in [4.69, 9.17) is 5.11 Å². The number of rotatable bonds is 5. The van der Waals surface area contributed by atoms with Crippen molar-refractivity contribution in [2.24, 2.45) is 0 Å². The average Bonchev–Trinajstić information content (AvgIpc) is 2.98. The Hall–Kier alpha value is -2.95. The summed E-state index contributed by atoms with van der Waals surface area (Å²) in [7, 11) is 0. The van der Waals surface area contributed by atoms with E-state index < -0.39 is 11.8 Å². The summed E-state index contributed by atoms with van der Waals surface area (Å²) in [5.74, 6) is -1.56. The van der Waals surface area contributed by atoms with Gasteiger partial charge in [0.15, 0.2) is 0 Å². The maximum absolute atomic E-state index is 14.0. The normalized spacial score (nSPS) is 10.7. The molecule has 0 radical (unpaired) electrons. The number of hydrogen-bond acceptors (Lipinski definition) is 2. The van der Waals surface area contributed by atoms with Crippen molar-refractivity contribution in [1.82, 2.24) is 9.78 Å². The number of nitrogens with zero attached hydrogens (tertiary/aromatic N) is 2. The van der Waals surface area contributed by atoms with Crippen molar-refractivity contribution in [2.45, 2.75) is 13.0 Å². The highest BCUT2D eigenvalue weighted by Gasteiger charge is 2.10. The van der Waals surface area contributed by atoms with Gasteiger partial charge >= 0.3 is 5.97 Å². The van der Waals surface area contributed by atoms with Crippen molar-refractivity contribution < 1.29 is 14.3 Å². The highest BCUT2D eigenvalue weighted by atomic mass is 19.1. The van der Waals surface area contributed by atoms with Crippen LogP contribution in [0.1, 0.15) is 11.1 Å². The van der Waals surface area contributed by atoms with E-state index in [0.29, 0.717) is 12.1 Å². The SMILES string of the molecule is O=C(O)Cc1ccc(-c2cnn(Cc3ccccc3)c2)cc1F. The second-order valence-corrected chi connectivity index (χ2v) is 5.29. The van der Waals surface area contributed by atoms with Gasteiger partial charge in [-0.05, 0) is 22.8 Å². The quantitative estimate of drug-likeness (QED) is 0.786. The van der Waals surface area contributed by atoms with E-state index in [1.807, 2.05) is 36.5 Å². The molecule has 1 N–H and O–H groups in total. The average molecular weight is 310 g/mol. The first-order valence-corrected chi connectivity index (χ1v) is 7.19. The van der Waals surface area contributed by atoms with Crippen LogP contribution < -0.4 is 0 Å². The van der Waals surface area contributed by atoms with Gasteiger partial charge in [0.05, 0.1) is 19.2 Å². The molecule has 116 valence electrons. The number of benzene rings is 2. The standard InChI is InChI=1S/C18H15FN2O2/c19-17-8-14(6-7-15(17)9-18(22)23)16-10-20-21(12-16)11-13-4-2-1-3-5-13/h1-8,10,12H,9,11H2,(H,22,23). The van der Waals surface area contributed by atoms with Crippen LogP contribution in [0.25, 0.3) is 11.1 Å². The number of aliphatic carboxylic acids is 1. The van der Waals surface area contributed by atoms with Gasteiger partial charge in [-0.25, -0.2) is 4.39 Å². The van der Waals surface area contributed by atoms with Gasteiger partial charge < -0.3 is 5.11 Å². The second-order valence-electron chi connectivity index (χ2n) is 5.29. The van der Waals surface area contributed by atoms with Gasteiger partial charge in [0.25, 0.3) is 0 Å².